The summed E-state index contributed by atoms with van der Waals surface area (Å²) in [6.07, 6.45) is 6.47. The Morgan fingerprint density at radius 2 is 2.08 bits per heavy atom. The second kappa shape index (κ2) is 3.66. The summed E-state index contributed by atoms with van der Waals surface area (Å²) in [4.78, 5) is 2.03. The molecule has 1 fully saturated rings. The zero-order valence-corrected chi connectivity index (χ0v) is 8.71. The van der Waals surface area contributed by atoms with Crippen LogP contribution in [0.3, 0.4) is 0 Å². The van der Waals surface area contributed by atoms with Crippen LogP contribution in [0, 0.1) is 12.3 Å². The Morgan fingerprint density at radius 1 is 1.46 bits per heavy atom. The predicted molar refractivity (Wildman–Crippen MR) is 51.7 cm³/mol. The van der Waals surface area contributed by atoms with Crippen LogP contribution in [-0.2, 0) is 10.0 Å². The summed E-state index contributed by atoms with van der Waals surface area (Å²) in [5.41, 5.74) is 0. The van der Waals surface area contributed by atoms with Crippen molar-refractivity contribution in [3.05, 3.63) is 0 Å². The molecule has 1 aliphatic heterocycles. The number of hydrogen-bond donors (Lipinski definition) is 0. The molecule has 13 heavy (non-hydrogen) atoms. The quantitative estimate of drug-likeness (QED) is 0.522. The van der Waals surface area contributed by atoms with Gasteiger partial charge in [-0.3, -0.25) is 0 Å². The zero-order valence-electron chi connectivity index (χ0n) is 7.90. The van der Waals surface area contributed by atoms with Gasteiger partial charge in [-0.15, -0.1) is 6.42 Å². The Balaban J connectivity index is 2.82. The Kier molecular flexibility index (Phi) is 2.96. The standard InChI is InChI=1S/C8H14N2O2S/c1-4-8-7-9(2)5-6-10(8)13(3,11)12/h1,8H,5-7H2,2-3H3. The number of hydrogen-bond acceptors (Lipinski definition) is 3. The van der Waals surface area contributed by atoms with Gasteiger partial charge in [-0.2, -0.15) is 4.31 Å². The van der Waals surface area contributed by atoms with E-state index in [0.717, 1.165) is 6.54 Å². The molecular weight excluding hydrogens is 188 g/mol. The number of terminal acetylenes is 1. The maximum Gasteiger partial charge on any atom is 0.212 e. The molecule has 0 spiro atoms. The third-order valence-electron chi connectivity index (χ3n) is 2.15. The fourth-order valence-electron chi connectivity index (χ4n) is 1.44. The molecule has 1 aliphatic rings. The zero-order chi connectivity index (χ0) is 10.1. The summed E-state index contributed by atoms with van der Waals surface area (Å²) in [5.74, 6) is 2.50. The molecule has 1 atom stereocenters. The molecule has 0 aromatic rings. The summed E-state index contributed by atoms with van der Waals surface area (Å²) in [6, 6.07) is -0.311. The third-order valence-corrected chi connectivity index (χ3v) is 3.44. The molecule has 0 amide bonds. The largest absolute Gasteiger partial charge is 0.302 e. The lowest BCUT2D eigenvalue weighted by atomic mass is 10.2. The van der Waals surface area contributed by atoms with Crippen molar-refractivity contribution in [2.75, 3.05) is 32.9 Å². The van der Waals surface area contributed by atoms with Crippen LogP contribution in [0.25, 0.3) is 0 Å². The van der Waals surface area contributed by atoms with Crippen molar-refractivity contribution in [3.63, 3.8) is 0 Å². The van der Waals surface area contributed by atoms with E-state index in [1.807, 2.05) is 11.9 Å². The molecule has 1 unspecified atom stereocenters. The van der Waals surface area contributed by atoms with Gasteiger partial charge in [-0.05, 0) is 7.05 Å². The number of likely N-dealkylation sites (N-methyl/N-ethyl adjacent to an activating group) is 1. The lowest BCUT2D eigenvalue weighted by molar-refractivity contribution is 0.191. The maximum absolute atomic E-state index is 11.3. The Hall–Kier alpha value is -0.570. The third kappa shape index (κ3) is 2.44. The lowest BCUT2D eigenvalue weighted by Gasteiger charge is -2.35. The van der Waals surface area contributed by atoms with Gasteiger partial charge < -0.3 is 4.90 Å². The van der Waals surface area contributed by atoms with E-state index in [9.17, 15) is 8.42 Å². The minimum Gasteiger partial charge on any atom is -0.302 e. The molecule has 74 valence electrons. The molecule has 0 radical (unpaired) electrons. The summed E-state index contributed by atoms with van der Waals surface area (Å²) in [5, 5.41) is 0. The first kappa shape index (κ1) is 10.5. The van der Waals surface area contributed by atoms with E-state index in [2.05, 4.69) is 5.92 Å². The van der Waals surface area contributed by atoms with Crippen molar-refractivity contribution in [3.8, 4) is 12.3 Å². The fraction of sp³-hybridized carbons (Fsp3) is 0.750. The minimum absolute atomic E-state index is 0.311. The first-order valence-corrected chi connectivity index (χ1v) is 5.91. The molecule has 0 bridgehead atoms. The average Bonchev–Trinajstić information content (AvgIpc) is 2.01. The van der Waals surface area contributed by atoms with Gasteiger partial charge in [0.1, 0.15) is 0 Å². The molecule has 0 aromatic heterocycles. The van der Waals surface area contributed by atoms with Gasteiger partial charge in [-0.1, -0.05) is 5.92 Å². The Labute approximate surface area is 79.6 Å². The van der Waals surface area contributed by atoms with Crippen molar-refractivity contribution in [1.29, 1.82) is 0 Å². The van der Waals surface area contributed by atoms with Crippen LogP contribution in [-0.4, -0.2) is 56.6 Å². The number of rotatable bonds is 1. The number of nitrogens with zero attached hydrogens (tertiary/aromatic N) is 2. The van der Waals surface area contributed by atoms with Gasteiger partial charge in [0.05, 0.1) is 12.3 Å². The van der Waals surface area contributed by atoms with E-state index in [4.69, 9.17) is 6.42 Å². The van der Waals surface area contributed by atoms with Crippen molar-refractivity contribution < 1.29 is 8.42 Å². The second-order valence-corrected chi connectivity index (χ2v) is 5.25. The molecule has 1 heterocycles. The van der Waals surface area contributed by atoms with Crippen molar-refractivity contribution in [2.24, 2.45) is 0 Å². The van der Waals surface area contributed by atoms with E-state index in [-0.39, 0.29) is 6.04 Å². The molecule has 4 nitrogen and oxygen atoms in total. The topological polar surface area (TPSA) is 40.6 Å². The molecule has 0 aliphatic carbocycles. The first-order valence-electron chi connectivity index (χ1n) is 4.06. The van der Waals surface area contributed by atoms with E-state index in [0.29, 0.717) is 13.1 Å². The second-order valence-electron chi connectivity index (χ2n) is 3.32. The predicted octanol–water partition coefficient (Wildman–Crippen LogP) is -0.805. The minimum atomic E-state index is -3.15. The lowest BCUT2D eigenvalue weighted by Crippen LogP contribution is -2.52. The highest BCUT2D eigenvalue weighted by Crippen LogP contribution is 2.11. The highest BCUT2D eigenvalue weighted by Gasteiger charge is 2.29. The van der Waals surface area contributed by atoms with Crippen LogP contribution in [0.2, 0.25) is 0 Å². The van der Waals surface area contributed by atoms with Crippen LogP contribution in [0.1, 0.15) is 0 Å². The van der Waals surface area contributed by atoms with E-state index < -0.39 is 10.0 Å². The van der Waals surface area contributed by atoms with Crippen LogP contribution >= 0.6 is 0 Å². The molecule has 0 saturated carbocycles. The van der Waals surface area contributed by atoms with Crippen LogP contribution in [0.4, 0.5) is 0 Å². The van der Waals surface area contributed by atoms with Gasteiger partial charge in [-0.25, -0.2) is 8.42 Å². The van der Waals surface area contributed by atoms with Gasteiger partial charge >= 0.3 is 0 Å². The molecule has 1 rings (SSSR count). The van der Waals surface area contributed by atoms with E-state index in [1.54, 1.807) is 0 Å². The van der Waals surface area contributed by atoms with Crippen molar-refractivity contribution in [2.45, 2.75) is 6.04 Å². The highest BCUT2D eigenvalue weighted by atomic mass is 32.2. The normalized spacial score (nSPS) is 27.0. The molecular formula is C8H14N2O2S. The van der Waals surface area contributed by atoms with Crippen LogP contribution in [0.5, 0.6) is 0 Å². The molecule has 1 saturated heterocycles. The number of piperazine rings is 1. The SMILES string of the molecule is C#CC1CN(C)CCN1S(C)(=O)=O. The smallest absolute Gasteiger partial charge is 0.212 e. The van der Waals surface area contributed by atoms with Crippen molar-refractivity contribution in [1.82, 2.24) is 9.21 Å². The molecule has 5 heteroatoms. The monoisotopic (exact) mass is 202 g/mol. The molecule has 0 aromatic carbocycles. The fourth-order valence-corrected chi connectivity index (χ4v) is 2.44. The van der Waals surface area contributed by atoms with Gasteiger partial charge in [0.15, 0.2) is 0 Å². The summed E-state index contributed by atoms with van der Waals surface area (Å²) >= 11 is 0. The van der Waals surface area contributed by atoms with Crippen LogP contribution in [0.15, 0.2) is 0 Å². The first-order chi connectivity index (χ1) is 5.95. The highest BCUT2D eigenvalue weighted by molar-refractivity contribution is 7.88. The Bertz CT molecular complexity index is 318. The molecule has 0 N–H and O–H groups in total. The van der Waals surface area contributed by atoms with Gasteiger partial charge in [0.25, 0.3) is 0 Å². The average molecular weight is 202 g/mol. The Morgan fingerprint density at radius 3 is 2.54 bits per heavy atom. The van der Waals surface area contributed by atoms with Crippen LogP contribution < -0.4 is 0 Å². The van der Waals surface area contributed by atoms with E-state index in [1.165, 1.54) is 10.6 Å². The van der Waals surface area contributed by atoms with Crippen molar-refractivity contribution >= 4 is 10.0 Å². The summed E-state index contributed by atoms with van der Waals surface area (Å²) < 4.78 is 23.9. The maximum atomic E-state index is 11.3. The van der Waals surface area contributed by atoms with Gasteiger partial charge in [0, 0.05) is 19.6 Å². The summed E-state index contributed by atoms with van der Waals surface area (Å²) in [7, 11) is -1.21. The summed E-state index contributed by atoms with van der Waals surface area (Å²) in [6.45, 7) is 1.85. The van der Waals surface area contributed by atoms with Gasteiger partial charge in [0.2, 0.25) is 10.0 Å². The van der Waals surface area contributed by atoms with E-state index >= 15 is 0 Å². The number of sulfonamides is 1.